The van der Waals surface area contributed by atoms with E-state index in [1.54, 1.807) is 13.8 Å². The summed E-state index contributed by atoms with van der Waals surface area (Å²) in [5, 5.41) is 10.2. The molecule has 17 heavy (non-hydrogen) atoms. The molecule has 4 atom stereocenters. The van der Waals surface area contributed by atoms with E-state index >= 15 is 0 Å². The molecule has 0 aliphatic heterocycles. The Bertz CT molecular complexity index is 221. The standard InChI is InChI=1S/C15H29FO/c1-11-7-8-13(10-12(11)2)14(17)6-5-9-15(3,4)16/h11-14,17H,5-10H2,1-4H3. The molecular formula is C15H29FO. The fourth-order valence-electron chi connectivity index (χ4n) is 2.91. The highest BCUT2D eigenvalue weighted by molar-refractivity contribution is 4.80. The molecule has 1 N–H and O–H groups in total. The van der Waals surface area contributed by atoms with Crippen molar-refractivity contribution in [3.05, 3.63) is 0 Å². The Balaban J connectivity index is 2.26. The third-order valence-corrected chi connectivity index (χ3v) is 4.45. The Morgan fingerprint density at radius 2 is 1.88 bits per heavy atom. The van der Waals surface area contributed by atoms with Crippen molar-refractivity contribution in [2.75, 3.05) is 0 Å². The Morgan fingerprint density at radius 3 is 2.41 bits per heavy atom. The van der Waals surface area contributed by atoms with Crippen molar-refractivity contribution in [2.45, 2.75) is 78.0 Å². The van der Waals surface area contributed by atoms with Crippen molar-refractivity contribution in [3.63, 3.8) is 0 Å². The molecule has 0 radical (unpaired) electrons. The molecule has 1 fully saturated rings. The van der Waals surface area contributed by atoms with Gasteiger partial charge in [0.1, 0.15) is 5.67 Å². The minimum atomic E-state index is -1.09. The Morgan fingerprint density at radius 1 is 1.24 bits per heavy atom. The van der Waals surface area contributed by atoms with Crippen molar-refractivity contribution in [2.24, 2.45) is 17.8 Å². The van der Waals surface area contributed by atoms with Crippen LogP contribution in [-0.2, 0) is 0 Å². The molecule has 1 nitrogen and oxygen atoms in total. The topological polar surface area (TPSA) is 20.2 Å². The average molecular weight is 244 g/mol. The highest BCUT2D eigenvalue weighted by atomic mass is 19.1. The van der Waals surface area contributed by atoms with Crippen LogP contribution in [0.15, 0.2) is 0 Å². The number of hydrogen-bond acceptors (Lipinski definition) is 1. The second kappa shape index (κ2) is 6.17. The number of rotatable bonds is 5. The predicted octanol–water partition coefficient (Wildman–Crippen LogP) is 4.34. The van der Waals surface area contributed by atoms with Crippen molar-refractivity contribution in [3.8, 4) is 0 Å². The molecule has 0 amide bonds. The maximum Gasteiger partial charge on any atom is 0.105 e. The monoisotopic (exact) mass is 244 g/mol. The number of aliphatic hydroxyl groups excluding tert-OH is 1. The lowest BCUT2D eigenvalue weighted by Gasteiger charge is -2.34. The number of aliphatic hydroxyl groups is 1. The summed E-state index contributed by atoms with van der Waals surface area (Å²) in [6.07, 6.45) is 5.42. The molecule has 0 aromatic carbocycles. The van der Waals surface area contributed by atoms with Crippen molar-refractivity contribution < 1.29 is 9.50 Å². The first kappa shape index (κ1) is 14.9. The van der Waals surface area contributed by atoms with Gasteiger partial charge in [0.15, 0.2) is 0 Å². The van der Waals surface area contributed by atoms with E-state index in [9.17, 15) is 9.50 Å². The van der Waals surface area contributed by atoms with Crippen LogP contribution in [0.4, 0.5) is 4.39 Å². The lowest BCUT2D eigenvalue weighted by atomic mass is 9.73. The van der Waals surface area contributed by atoms with Crippen LogP contribution in [0.25, 0.3) is 0 Å². The highest BCUT2D eigenvalue weighted by Gasteiger charge is 2.29. The van der Waals surface area contributed by atoms with Crippen LogP contribution < -0.4 is 0 Å². The van der Waals surface area contributed by atoms with Gasteiger partial charge in [-0.25, -0.2) is 4.39 Å². The highest BCUT2D eigenvalue weighted by Crippen LogP contribution is 2.36. The van der Waals surface area contributed by atoms with E-state index < -0.39 is 5.67 Å². The van der Waals surface area contributed by atoms with Crippen LogP contribution in [0, 0.1) is 17.8 Å². The van der Waals surface area contributed by atoms with E-state index in [1.165, 1.54) is 6.42 Å². The fraction of sp³-hybridized carbons (Fsp3) is 1.00. The largest absolute Gasteiger partial charge is 0.393 e. The Labute approximate surface area is 106 Å². The minimum absolute atomic E-state index is 0.215. The molecule has 0 aromatic heterocycles. The molecule has 4 unspecified atom stereocenters. The van der Waals surface area contributed by atoms with Gasteiger partial charge in [0.05, 0.1) is 6.10 Å². The Hall–Kier alpha value is -0.110. The number of halogens is 1. The molecule has 1 aliphatic carbocycles. The molecular weight excluding hydrogens is 215 g/mol. The second-order valence-electron chi connectivity index (χ2n) is 6.71. The summed E-state index contributed by atoms with van der Waals surface area (Å²) < 4.78 is 13.3. The first-order valence-electron chi connectivity index (χ1n) is 7.16. The van der Waals surface area contributed by atoms with Crippen molar-refractivity contribution in [1.29, 1.82) is 0 Å². The van der Waals surface area contributed by atoms with Gasteiger partial charge in [-0.15, -0.1) is 0 Å². The van der Waals surface area contributed by atoms with Gasteiger partial charge in [-0.05, 0) is 63.7 Å². The molecule has 1 rings (SSSR count). The van der Waals surface area contributed by atoms with E-state index in [0.29, 0.717) is 12.3 Å². The molecule has 1 saturated carbocycles. The van der Waals surface area contributed by atoms with Gasteiger partial charge in [0.2, 0.25) is 0 Å². The van der Waals surface area contributed by atoms with E-state index in [1.807, 2.05) is 0 Å². The third kappa shape index (κ3) is 5.37. The predicted molar refractivity (Wildman–Crippen MR) is 70.7 cm³/mol. The molecule has 0 aromatic rings. The van der Waals surface area contributed by atoms with Gasteiger partial charge < -0.3 is 5.11 Å². The summed E-state index contributed by atoms with van der Waals surface area (Å²) in [7, 11) is 0. The maximum absolute atomic E-state index is 13.3. The summed E-state index contributed by atoms with van der Waals surface area (Å²) >= 11 is 0. The SMILES string of the molecule is CC1CCC(C(O)CCCC(C)(C)F)CC1C. The minimum Gasteiger partial charge on any atom is -0.393 e. The van der Waals surface area contributed by atoms with Gasteiger partial charge in [0, 0.05) is 0 Å². The van der Waals surface area contributed by atoms with E-state index in [4.69, 9.17) is 0 Å². The van der Waals surface area contributed by atoms with Crippen LogP contribution >= 0.6 is 0 Å². The normalized spacial score (nSPS) is 32.5. The van der Waals surface area contributed by atoms with Gasteiger partial charge in [-0.3, -0.25) is 0 Å². The summed E-state index contributed by atoms with van der Waals surface area (Å²) in [6, 6.07) is 0. The van der Waals surface area contributed by atoms with E-state index in [0.717, 1.165) is 37.5 Å². The first-order valence-corrected chi connectivity index (χ1v) is 7.16. The average Bonchev–Trinajstić information content (AvgIpc) is 2.20. The zero-order chi connectivity index (χ0) is 13.1. The maximum atomic E-state index is 13.3. The zero-order valence-corrected chi connectivity index (χ0v) is 11.9. The van der Waals surface area contributed by atoms with Gasteiger partial charge in [-0.1, -0.05) is 20.3 Å². The zero-order valence-electron chi connectivity index (χ0n) is 11.9. The van der Waals surface area contributed by atoms with Gasteiger partial charge in [0.25, 0.3) is 0 Å². The van der Waals surface area contributed by atoms with Crippen molar-refractivity contribution in [1.82, 2.24) is 0 Å². The molecule has 0 saturated heterocycles. The summed E-state index contributed by atoms with van der Waals surface area (Å²) in [4.78, 5) is 0. The van der Waals surface area contributed by atoms with E-state index in [-0.39, 0.29) is 6.10 Å². The van der Waals surface area contributed by atoms with E-state index in [2.05, 4.69) is 13.8 Å². The molecule has 0 heterocycles. The van der Waals surface area contributed by atoms with Crippen LogP contribution in [-0.4, -0.2) is 16.9 Å². The molecule has 0 spiro atoms. The second-order valence-corrected chi connectivity index (χ2v) is 6.71. The van der Waals surface area contributed by atoms with Gasteiger partial charge >= 0.3 is 0 Å². The number of hydrogen-bond donors (Lipinski definition) is 1. The van der Waals surface area contributed by atoms with Crippen LogP contribution in [0.2, 0.25) is 0 Å². The summed E-state index contributed by atoms with van der Waals surface area (Å²) in [5.41, 5.74) is -1.09. The lowest BCUT2D eigenvalue weighted by molar-refractivity contribution is 0.0457. The smallest absolute Gasteiger partial charge is 0.105 e. The molecule has 1 aliphatic rings. The number of alkyl halides is 1. The molecule has 0 bridgehead atoms. The van der Waals surface area contributed by atoms with Crippen LogP contribution in [0.1, 0.15) is 66.2 Å². The molecule has 2 heteroatoms. The quantitative estimate of drug-likeness (QED) is 0.763. The fourth-order valence-corrected chi connectivity index (χ4v) is 2.91. The Kier molecular flexibility index (Phi) is 5.43. The summed E-state index contributed by atoms with van der Waals surface area (Å²) in [5.74, 6) is 1.97. The van der Waals surface area contributed by atoms with Crippen molar-refractivity contribution >= 4 is 0 Å². The first-order chi connectivity index (χ1) is 7.79. The van der Waals surface area contributed by atoms with Crippen LogP contribution in [0.5, 0.6) is 0 Å². The summed E-state index contributed by atoms with van der Waals surface area (Å²) in [6.45, 7) is 7.82. The van der Waals surface area contributed by atoms with Crippen LogP contribution in [0.3, 0.4) is 0 Å². The lowest BCUT2D eigenvalue weighted by Crippen LogP contribution is -2.29. The van der Waals surface area contributed by atoms with Gasteiger partial charge in [-0.2, -0.15) is 0 Å². The third-order valence-electron chi connectivity index (χ3n) is 4.45. The molecule has 102 valence electrons.